The van der Waals surface area contributed by atoms with Gasteiger partial charge in [0, 0.05) is 32.2 Å². The third-order valence-electron chi connectivity index (χ3n) is 5.40. The molecule has 0 aliphatic carbocycles. The average molecular weight is 389 g/mol. The van der Waals surface area contributed by atoms with Crippen molar-refractivity contribution in [2.24, 2.45) is 11.8 Å². The Labute approximate surface area is 164 Å². The molecule has 1 aromatic rings. The van der Waals surface area contributed by atoms with Gasteiger partial charge >= 0.3 is 5.97 Å². The largest absolute Gasteiger partial charge is 0.452 e. The van der Waals surface area contributed by atoms with E-state index in [9.17, 15) is 19.7 Å². The van der Waals surface area contributed by atoms with E-state index >= 15 is 0 Å². The first-order valence-corrected chi connectivity index (χ1v) is 9.83. The Morgan fingerprint density at radius 2 is 1.82 bits per heavy atom. The number of hydrogen-bond donors (Lipinski definition) is 0. The number of anilines is 1. The van der Waals surface area contributed by atoms with Crippen LogP contribution in [0.15, 0.2) is 18.2 Å². The molecule has 2 heterocycles. The minimum Gasteiger partial charge on any atom is -0.452 e. The number of amides is 1. The molecule has 8 heteroatoms. The number of carbonyl (C=O) groups is 2. The number of likely N-dealkylation sites (tertiary alicyclic amines) is 1. The summed E-state index contributed by atoms with van der Waals surface area (Å²) in [4.78, 5) is 39.1. The van der Waals surface area contributed by atoms with E-state index in [0.717, 1.165) is 32.4 Å². The summed E-state index contributed by atoms with van der Waals surface area (Å²) in [5.41, 5.74) is 0.498. The lowest BCUT2D eigenvalue weighted by Crippen LogP contribution is -2.39. The summed E-state index contributed by atoms with van der Waals surface area (Å²) in [6.45, 7) is 6.80. The number of nitro groups is 1. The van der Waals surface area contributed by atoms with Crippen molar-refractivity contribution in [1.29, 1.82) is 0 Å². The maximum atomic E-state index is 12.3. The van der Waals surface area contributed by atoms with E-state index in [1.54, 1.807) is 11.0 Å². The van der Waals surface area contributed by atoms with Crippen molar-refractivity contribution in [2.75, 3.05) is 37.7 Å². The van der Waals surface area contributed by atoms with Crippen molar-refractivity contribution in [1.82, 2.24) is 4.90 Å². The fourth-order valence-electron chi connectivity index (χ4n) is 4.19. The summed E-state index contributed by atoms with van der Waals surface area (Å²) in [6.07, 6.45) is 3.02. The van der Waals surface area contributed by atoms with Crippen molar-refractivity contribution in [3.8, 4) is 0 Å². The SMILES string of the molecule is CC1CC(C)CN(c2ccc(C(=O)OCC(=O)N3CCCC3)cc2[N+](=O)[O-])C1. The maximum Gasteiger partial charge on any atom is 0.338 e. The van der Waals surface area contributed by atoms with E-state index < -0.39 is 10.9 Å². The predicted octanol–water partition coefficient (Wildman–Crippen LogP) is 2.86. The van der Waals surface area contributed by atoms with Gasteiger partial charge in [0.15, 0.2) is 6.61 Å². The third kappa shape index (κ3) is 4.61. The Kier molecular flexibility index (Phi) is 6.16. The molecule has 0 saturated carbocycles. The highest BCUT2D eigenvalue weighted by atomic mass is 16.6. The van der Waals surface area contributed by atoms with Crippen LogP contribution in [-0.4, -0.2) is 54.5 Å². The molecule has 2 saturated heterocycles. The van der Waals surface area contributed by atoms with E-state index in [2.05, 4.69) is 13.8 Å². The molecule has 2 aliphatic heterocycles. The van der Waals surface area contributed by atoms with Gasteiger partial charge in [0.05, 0.1) is 10.5 Å². The molecule has 0 N–H and O–H groups in total. The molecule has 8 nitrogen and oxygen atoms in total. The van der Waals surface area contributed by atoms with Crippen molar-refractivity contribution in [3.63, 3.8) is 0 Å². The van der Waals surface area contributed by atoms with Crippen LogP contribution in [0.4, 0.5) is 11.4 Å². The van der Waals surface area contributed by atoms with Gasteiger partial charge in [-0.2, -0.15) is 0 Å². The average Bonchev–Trinajstić information content (AvgIpc) is 3.19. The van der Waals surface area contributed by atoms with E-state index in [1.165, 1.54) is 12.1 Å². The molecule has 2 atom stereocenters. The van der Waals surface area contributed by atoms with Crippen LogP contribution < -0.4 is 4.90 Å². The number of esters is 1. The van der Waals surface area contributed by atoms with E-state index in [4.69, 9.17) is 4.74 Å². The summed E-state index contributed by atoms with van der Waals surface area (Å²) < 4.78 is 5.09. The Hall–Kier alpha value is -2.64. The van der Waals surface area contributed by atoms with Crippen LogP contribution in [-0.2, 0) is 9.53 Å². The second-order valence-electron chi connectivity index (χ2n) is 7.98. The molecule has 0 aromatic heterocycles. The predicted molar refractivity (Wildman–Crippen MR) is 104 cm³/mol. The third-order valence-corrected chi connectivity index (χ3v) is 5.40. The Balaban J connectivity index is 1.72. The Morgan fingerprint density at radius 3 is 2.43 bits per heavy atom. The number of nitro benzene ring substituents is 1. The molecule has 0 spiro atoms. The summed E-state index contributed by atoms with van der Waals surface area (Å²) in [6, 6.07) is 4.40. The molecule has 0 radical (unpaired) electrons. The van der Waals surface area contributed by atoms with Crippen molar-refractivity contribution < 1.29 is 19.2 Å². The number of nitrogens with zero attached hydrogens (tertiary/aromatic N) is 3. The molecule has 28 heavy (non-hydrogen) atoms. The molecule has 1 aromatic carbocycles. The minimum absolute atomic E-state index is 0.0859. The van der Waals surface area contributed by atoms with Gasteiger partial charge in [-0.05, 0) is 43.2 Å². The molecule has 3 rings (SSSR count). The molecule has 2 aliphatic rings. The highest BCUT2D eigenvalue weighted by Gasteiger charge is 2.28. The lowest BCUT2D eigenvalue weighted by atomic mass is 9.91. The number of carbonyl (C=O) groups excluding carboxylic acids is 2. The van der Waals surface area contributed by atoms with Gasteiger partial charge in [-0.25, -0.2) is 4.79 Å². The lowest BCUT2D eigenvalue weighted by Gasteiger charge is -2.36. The summed E-state index contributed by atoms with van der Waals surface area (Å²) >= 11 is 0. The van der Waals surface area contributed by atoms with Gasteiger partial charge < -0.3 is 14.5 Å². The molecule has 152 valence electrons. The quantitative estimate of drug-likeness (QED) is 0.437. The van der Waals surface area contributed by atoms with Gasteiger partial charge in [0.2, 0.25) is 0 Å². The fourth-order valence-corrected chi connectivity index (χ4v) is 4.19. The highest BCUT2D eigenvalue weighted by molar-refractivity contribution is 5.93. The first kappa shape index (κ1) is 20.1. The van der Waals surface area contributed by atoms with Crippen LogP contribution in [0.5, 0.6) is 0 Å². The highest BCUT2D eigenvalue weighted by Crippen LogP contribution is 2.34. The zero-order valence-corrected chi connectivity index (χ0v) is 16.4. The topological polar surface area (TPSA) is 93.0 Å². The van der Waals surface area contributed by atoms with Crippen molar-refractivity contribution in [2.45, 2.75) is 33.1 Å². The van der Waals surface area contributed by atoms with Crippen LogP contribution in [0.3, 0.4) is 0 Å². The Morgan fingerprint density at radius 1 is 1.18 bits per heavy atom. The van der Waals surface area contributed by atoms with E-state index in [1.807, 2.05) is 4.90 Å². The molecule has 1 amide bonds. The van der Waals surface area contributed by atoms with Crippen LogP contribution >= 0.6 is 0 Å². The molecular weight excluding hydrogens is 362 g/mol. The maximum absolute atomic E-state index is 12.3. The molecular formula is C20H27N3O5. The fraction of sp³-hybridized carbons (Fsp3) is 0.600. The summed E-state index contributed by atoms with van der Waals surface area (Å²) in [5, 5.41) is 11.6. The number of hydrogen-bond acceptors (Lipinski definition) is 6. The standard InChI is InChI=1S/C20H27N3O5/c1-14-9-15(2)12-22(11-14)17-6-5-16(10-18(17)23(26)27)20(25)28-13-19(24)21-7-3-4-8-21/h5-6,10,14-15H,3-4,7-9,11-13H2,1-2H3. The summed E-state index contributed by atoms with van der Waals surface area (Å²) in [7, 11) is 0. The number of piperidine rings is 1. The monoisotopic (exact) mass is 389 g/mol. The van der Waals surface area contributed by atoms with Crippen LogP contribution in [0.25, 0.3) is 0 Å². The first-order chi connectivity index (χ1) is 13.3. The van der Waals surface area contributed by atoms with Crippen LogP contribution in [0.2, 0.25) is 0 Å². The zero-order chi connectivity index (χ0) is 20.3. The van der Waals surface area contributed by atoms with Gasteiger partial charge in [-0.15, -0.1) is 0 Å². The normalized spacial score (nSPS) is 22.2. The zero-order valence-electron chi connectivity index (χ0n) is 16.4. The first-order valence-electron chi connectivity index (χ1n) is 9.83. The Bertz CT molecular complexity index is 750. The van der Waals surface area contributed by atoms with Gasteiger partial charge in [-0.3, -0.25) is 14.9 Å². The number of ether oxygens (including phenoxy) is 1. The van der Waals surface area contributed by atoms with E-state index in [0.29, 0.717) is 30.6 Å². The second-order valence-corrected chi connectivity index (χ2v) is 7.98. The van der Waals surface area contributed by atoms with Crippen LogP contribution in [0, 0.1) is 22.0 Å². The lowest BCUT2D eigenvalue weighted by molar-refractivity contribution is -0.384. The van der Waals surface area contributed by atoms with E-state index in [-0.39, 0.29) is 23.8 Å². The van der Waals surface area contributed by atoms with Crippen molar-refractivity contribution >= 4 is 23.3 Å². The second kappa shape index (κ2) is 8.58. The van der Waals surface area contributed by atoms with Gasteiger partial charge in [0.1, 0.15) is 5.69 Å². The summed E-state index contributed by atoms with van der Waals surface area (Å²) in [5.74, 6) is -0.0509. The van der Waals surface area contributed by atoms with Crippen LogP contribution in [0.1, 0.15) is 43.5 Å². The smallest absolute Gasteiger partial charge is 0.338 e. The van der Waals surface area contributed by atoms with Gasteiger partial charge in [0.25, 0.3) is 11.6 Å². The number of rotatable bonds is 5. The molecule has 2 unspecified atom stereocenters. The van der Waals surface area contributed by atoms with Crippen molar-refractivity contribution in [3.05, 3.63) is 33.9 Å². The minimum atomic E-state index is -0.720. The number of benzene rings is 1. The molecule has 2 fully saturated rings. The van der Waals surface area contributed by atoms with Gasteiger partial charge in [-0.1, -0.05) is 13.8 Å². The molecule has 0 bridgehead atoms.